The van der Waals surface area contributed by atoms with Crippen LogP contribution in [0.1, 0.15) is 42.7 Å². The molecular formula is C29H33F3N4O3. The molecule has 0 bridgehead atoms. The summed E-state index contributed by atoms with van der Waals surface area (Å²) in [6.07, 6.45) is 3.67. The van der Waals surface area contributed by atoms with Crippen molar-refractivity contribution in [2.45, 2.75) is 50.2 Å². The van der Waals surface area contributed by atoms with E-state index in [4.69, 9.17) is 0 Å². The lowest BCUT2D eigenvalue weighted by atomic mass is 9.85. The Morgan fingerprint density at radius 3 is 2.46 bits per heavy atom. The molecule has 2 fully saturated rings. The van der Waals surface area contributed by atoms with E-state index in [1.165, 1.54) is 24.3 Å². The molecular weight excluding hydrogens is 509 g/mol. The van der Waals surface area contributed by atoms with Gasteiger partial charge < -0.3 is 15.0 Å². The number of carbonyl (C=O) groups is 1. The standard InChI is InChI=1S/C29H33F3N4O3/c30-20-2-3-23-25(15-33-26(23)14-20)24-7-8-35(17-28(24)37)16-27(34-39)19-5-9-36(10-6-19)29(38)4-1-18-11-21(31)13-22(32)12-18/h2-3,11-15,19,24,27-28,33,37H,1,4-10,16-17H2. The van der Waals surface area contributed by atoms with Gasteiger partial charge in [-0.05, 0) is 79.6 Å². The molecule has 2 aromatic carbocycles. The molecule has 1 amide bonds. The minimum Gasteiger partial charge on any atom is -0.391 e. The van der Waals surface area contributed by atoms with Gasteiger partial charge in [0.05, 0.1) is 6.10 Å². The van der Waals surface area contributed by atoms with Crippen molar-refractivity contribution >= 4 is 16.8 Å². The van der Waals surface area contributed by atoms with Crippen molar-refractivity contribution in [2.75, 3.05) is 32.7 Å². The van der Waals surface area contributed by atoms with E-state index < -0.39 is 23.8 Å². The van der Waals surface area contributed by atoms with E-state index in [-0.39, 0.29) is 36.4 Å². The van der Waals surface area contributed by atoms with Crippen LogP contribution in [0.4, 0.5) is 13.2 Å². The molecule has 0 saturated carbocycles. The molecule has 39 heavy (non-hydrogen) atoms. The SMILES string of the molecule is O=NC(CN1CCC(c2c[nH]c3cc(F)ccc23)C(O)C1)C1CCN(C(=O)CCc2cc(F)cc(F)c2)CC1. The summed E-state index contributed by atoms with van der Waals surface area (Å²) in [5, 5.41) is 15.3. The fraction of sp³-hybridized carbons (Fsp3) is 0.483. The van der Waals surface area contributed by atoms with Crippen molar-refractivity contribution in [1.82, 2.24) is 14.8 Å². The Labute approximate surface area is 225 Å². The van der Waals surface area contributed by atoms with Crippen molar-refractivity contribution in [1.29, 1.82) is 0 Å². The van der Waals surface area contributed by atoms with E-state index in [0.717, 1.165) is 17.0 Å². The molecule has 1 aromatic heterocycles. The lowest BCUT2D eigenvalue weighted by molar-refractivity contribution is -0.132. The first-order valence-electron chi connectivity index (χ1n) is 13.5. The Kier molecular flexibility index (Phi) is 8.32. The quantitative estimate of drug-likeness (QED) is 0.403. The van der Waals surface area contributed by atoms with Gasteiger partial charge in [0.1, 0.15) is 23.5 Å². The number of carbonyl (C=O) groups excluding carboxylic acids is 1. The summed E-state index contributed by atoms with van der Waals surface area (Å²) in [6, 6.07) is 7.47. The molecule has 3 aromatic rings. The Balaban J connectivity index is 1.10. The van der Waals surface area contributed by atoms with Gasteiger partial charge in [0.15, 0.2) is 0 Å². The number of hydrogen-bond donors (Lipinski definition) is 2. The lowest BCUT2D eigenvalue weighted by Gasteiger charge is -2.39. The second kappa shape index (κ2) is 11.9. The predicted octanol–water partition coefficient (Wildman–Crippen LogP) is 4.74. The smallest absolute Gasteiger partial charge is 0.222 e. The first-order chi connectivity index (χ1) is 18.8. The summed E-state index contributed by atoms with van der Waals surface area (Å²) in [5.74, 6) is -1.73. The number of nitrogens with one attached hydrogen (secondary N) is 1. The molecule has 10 heteroatoms. The highest BCUT2D eigenvalue weighted by Gasteiger charge is 2.35. The molecule has 2 saturated heterocycles. The second-order valence-electron chi connectivity index (χ2n) is 10.8. The van der Waals surface area contributed by atoms with Crippen LogP contribution >= 0.6 is 0 Å². The molecule has 0 aliphatic carbocycles. The van der Waals surface area contributed by atoms with Crippen LogP contribution in [-0.4, -0.2) is 70.7 Å². The number of amides is 1. The molecule has 2 aliphatic rings. The summed E-state index contributed by atoms with van der Waals surface area (Å²) in [4.78, 5) is 31.4. The Hall–Kier alpha value is -3.24. The lowest BCUT2D eigenvalue weighted by Crippen LogP contribution is -2.48. The number of nitroso groups, excluding NO2 is 1. The number of aromatic nitrogens is 1. The van der Waals surface area contributed by atoms with E-state index in [0.29, 0.717) is 63.1 Å². The number of likely N-dealkylation sites (tertiary alicyclic amines) is 2. The highest BCUT2D eigenvalue weighted by Crippen LogP contribution is 2.34. The normalized spacial score (nSPS) is 21.8. The Morgan fingerprint density at radius 1 is 1.03 bits per heavy atom. The first-order valence-corrected chi connectivity index (χ1v) is 13.5. The topological polar surface area (TPSA) is 89.0 Å². The van der Waals surface area contributed by atoms with E-state index in [1.54, 1.807) is 11.0 Å². The minimum atomic E-state index is -0.655. The van der Waals surface area contributed by atoms with Gasteiger partial charge in [-0.1, -0.05) is 5.18 Å². The molecule has 3 unspecified atom stereocenters. The number of piperidine rings is 2. The van der Waals surface area contributed by atoms with Gasteiger partial charge >= 0.3 is 0 Å². The van der Waals surface area contributed by atoms with E-state index in [1.807, 2.05) is 6.20 Å². The average Bonchev–Trinajstić information content (AvgIpc) is 3.32. The average molecular weight is 543 g/mol. The summed E-state index contributed by atoms with van der Waals surface area (Å²) in [6.45, 7) is 2.61. The zero-order valence-electron chi connectivity index (χ0n) is 21.7. The third kappa shape index (κ3) is 6.33. The number of aromatic amines is 1. The van der Waals surface area contributed by atoms with Gasteiger partial charge in [-0.2, -0.15) is 4.91 Å². The number of halogens is 3. The van der Waals surface area contributed by atoms with Crippen molar-refractivity contribution in [3.8, 4) is 0 Å². The molecule has 208 valence electrons. The Bertz CT molecular complexity index is 1300. The van der Waals surface area contributed by atoms with Crippen molar-refractivity contribution in [3.05, 3.63) is 76.1 Å². The molecule has 2 N–H and O–H groups in total. The van der Waals surface area contributed by atoms with Crippen LogP contribution in [0.3, 0.4) is 0 Å². The maximum absolute atomic E-state index is 13.6. The van der Waals surface area contributed by atoms with E-state index in [9.17, 15) is 28.0 Å². The van der Waals surface area contributed by atoms with Gasteiger partial charge in [0.25, 0.3) is 0 Å². The van der Waals surface area contributed by atoms with Crippen LogP contribution in [0.2, 0.25) is 0 Å². The van der Waals surface area contributed by atoms with Gasteiger partial charge in [-0.25, -0.2) is 13.2 Å². The predicted molar refractivity (Wildman–Crippen MR) is 142 cm³/mol. The van der Waals surface area contributed by atoms with Crippen molar-refractivity contribution in [2.24, 2.45) is 11.1 Å². The minimum absolute atomic E-state index is 0.0437. The molecule has 3 atom stereocenters. The third-order valence-electron chi connectivity index (χ3n) is 8.31. The first kappa shape index (κ1) is 27.3. The third-order valence-corrected chi connectivity index (χ3v) is 8.31. The van der Waals surface area contributed by atoms with Crippen LogP contribution in [-0.2, 0) is 11.2 Å². The number of hydrogen-bond acceptors (Lipinski definition) is 5. The molecule has 0 radical (unpaired) electrons. The number of β-amino-alcohol motifs (C(OH)–C–C–N with tert-alkyl or cyclic N) is 1. The number of rotatable bonds is 8. The monoisotopic (exact) mass is 542 g/mol. The molecule has 3 heterocycles. The summed E-state index contributed by atoms with van der Waals surface area (Å²) in [5.41, 5.74) is 2.13. The van der Waals surface area contributed by atoms with E-state index >= 15 is 0 Å². The number of aliphatic hydroxyl groups is 1. The summed E-state index contributed by atoms with van der Waals surface area (Å²) in [7, 11) is 0. The van der Waals surface area contributed by atoms with Crippen LogP contribution < -0.4 is 0 Å². The molecule has 5 rings (SSSR count). The fourth-order valence-electron chi connectivity index (χ4n) is 6.18. The highest BCUT2D eigenvalue weighted by molar-refractivity contribution is 5.83. The van der Waals surface area contributed by atoms with E-state index in [2.05, 4.69) is 15.1 Å². The van der Waals surface area contributed by atoms with Crippen molar-refractivity contribution in [3.63, 3.8) is 0 Å². The Morgan fingerprint density at radius 2 is 1.77 bits per heavy atom. The van der Waals surface area contributed by atoms with Crippen LogP contribution in [0.25, 0.3) is 10.9 Å². The maximum Gasteiger partial charge on any atom is 0.222 e. The van der Waals surface area contributed by atoms with Gasteiger partial charge in [0.2, 0.25) is 5.91 Å². The molecule has 7 nitrogen and oxygen atoms in total. The van der Waals surface area contributed by atoms with Crippen molar-refractivity contribution < 1.29 is 23.1 Å². The zero-order valence-corrected chi connectivity index (χ0v) is 21.7. The second-order valence-corrected chi connectivity index (χ2v) is 10.8. The van der Waals surface area contributed by atoms with Crippen LogP contribution in [0, 0.1) is 28.3 Å². The van der Waals surface area contributed by atoms with Gasteiger partial charge in [-0.3, -0.25) is 9.69 Å². The summed E-state index contributed by atoms with van der Waals surface area (Å²) < 4.78 is 40.4. The molecule has 2 aliphatic heterocycles. The van der Waals surface area contributed by atoms with Crippen LogP contribution in [0.5, 0.6) is 0 Å². The zero-order chi connectivity index (χ0) is 27.5. The fourth-order valence-corrected chi connectivity index (χ4v) is 6.18. The number of benzene rings is 2. The number of aryl methyl sites for hydroxylation is 1. The summed E-state index contributed by atoms with van der Waals surface area (Å²) >= 11 is 0. The largest absolute Gasteiger partial charge is 0.391 e. The molecule has 0 spiro atoms. The number of fused-ring (bicyclic) bond motifs is 1. The van der Waals surface area contributed by atoms with Crippen LogP contribution in [0.15, 0.2) is 47.8 Å². The number of nitrogens with zero attached hydrogens (tertiary/aromatic N) is 3. The maximum atomic E-state index is 13.6. The number of H-pyrrole nitrogens is 1. The van der Waals surface area contributed by atoms with Gasteiger partial charge in [0, 0.05) is 61.7 Å². The number of aliphatic hydroxyl groups excluding tert-OH is 1. The highest BCUT2D eigenvalue weighted by atomic mass is 19.1. The van der Waals surface area contributed by atoms with Gasteiger partial charge in [-0.15, -0.1) is 0 Å².